The van der Waals surface area contributed by atoms with Crippen molar-refractivity contribution in [2.75, 3.05) is 26.6 Å². The molecule has 1 aliphatic carbocycles. The van der Waals surface area contributed by atoms with Crippen LogP contribution in [-0.4, -0.2) is 61.7 Å². The van der Waals surface area contributed by atoms with Crippen molar-refractivity contribution in [1.29, 1.82) is 0 Å². The third-order valence-corrected chi connectivity index (χ3v) is 9.60. The van der Waals surface area contributed by atoms with E-state index in [1.165, 1.54) is 18.9 Å². The smallest absolute Gasteiger partial charge is 0.407 e. The van der Waals surface area contributed by atoms with Crippen LogP contribution in [0.15, 0.2) is 66.7 Å². The van der Waals surface area contributed by atoms with Gasteiger partial charge in [-0.1, -0.05) is 68.4 Å². The maximum atomic E-state index is 13.5. The lowest BCUT2D eigenvalue weighted by molar-refractivity contribution is -0.142. The lowest BCUT2D eigenvalue weighted by Crippen LogP contribution is -2.54. The van der Waals surface area contributed by atoms with Gasteiger partial charge >= 0.3 is 12.1 Å². The third-order valence-electron chi connectivity index (χ3n) is 8.14. The van der Waals surface area contributed by atoms with Gasteiger partial charge in [0.05, 0.1) is 26.2 Å². The minimum Gasteiger partial charge on any atom is -0.497 e. The number of aliphatic carboxylic acids is 1. The van der Waals surface area contributed by atoms with Gasteiger partial charge in [-0.15, -0.1) is 0 Å². The number of hydrogen-bond acceptors (Lipinski definition) is 7. The standard InChI is InChI=1S/C33H36N2O7S/c1-18(2)29(35-33(39)42-16-25-22-11-7-5-9-20(22)21-10-6-8-12-23(21)25)31(36)34-26-17-43-30(28(26)32(37)38)24-14-13-19(40-3)15-27(24)41-4/h5-15,18,25-26,28-30H,16-17H2,1-4H3,(H,34,36)(H,35,39)(H,37,38)/t26-,28?,29+,30?/m0/s1. The van der Waals surface area contributed by atoms with Crippen molar-refractivity contribution < 1.29 is 33.7 Å². The Bertz CT molecular complexity index is 1460. The molecule has 0 bridgehead atoms. The number of nitrogens with one attached hydrogen (secondary N) is 2. The maximum absolute atomic E-state index is 13.5. The number of alkyl carbamates (subject to hydrolysis) is 1. The molecule has 0 saturated carbocycles. The Hall–Kier alpha value is -4.18. The van der Waals surface area contributed by atoms with E-state index in [0.29, 0.717) is 17.3 Å². The lowest BCUT2D eigenvalue weighted by atomic mass is 9.91. The summed E-state index contributed by atoms with van der Waals surface area (Å²) in [5, 5.41) is 15.4. The summed E-state index contributed by atoms with van der Waals surface area (Å²) in [6.07, 6.45) is -0.702. The number of rotatable bonds is 10. The summed E-state index contributed by atoms with van der Waals surface area (Å²) in [7, 11) is 3.07. The molecule has 9 nitrogen and oxygen atoms in total. The van der Waals surface area contributed by atoms with E-state index >= 15 is 0 Å². The van der Waals surface area contributed by atoms with Crippen molar-refractivity contribution in [3.63, 3.8) is 0 Å². The molecule has 2 amide bonds. The molecule has 43 heavy (non-hydrogen) atoms. The Labute approximate surface area is 255 Å². The molecule has 10 heteroatoms. The molecule has 5 rings (SSSR count). The van der Waals surface area contributed by atoms with Crippen LogP contribution in [0.25, 0.3) is 11.1 Å². The zero-order valence-electron chi connectivity index (χ0n) is 24.5. The van der Waals surface area contributed by atoms with E-state index in [-0.39, 0.29) is 18.4 Å². The molecule has 1 aliphatic heterocycles. The van der Waals surface area contributed by atoms with Crippen molar-refractivity contribution in [2.45, 2.75) is 37.1 Å². The highest BCUT2D eigenvalue weighted by molar-refractivity contribution is 7.99. The number of hydrogen-bond donors (Lipinski definition) is 3. The van der Waals surface area contributed by atoms with Gasteiger partial charge in [-0.25, -0.2) is 4.79 Å². The Balaban J connectivity index is 1.25. The van der Waals surface area contributed by atoms with E-state index in [1.54, 1.807) is 25.3 Å². The zero-order chi connectivity index (χ0) is 30.7. The molecule has 2 unspecified atom stereocenters. The monoisotopic (exact) mass is 604 g/mol. The average Bonchev–Trinajstić information content (AvgIpc) is 3.57. The second kappa shape index (κ2) is 13.0. The third kappa shape index (κ3) is 6.15. The summed E-state index contributed by atoms with van der Waals surface area (Å²) in [4.78, 5) is 38.9. The number of fused-ring (bicyclic) bond motifs is 3. The summed E-state index contributed by atoms with van der Waals surface area (Å²) in [6.45, 7) is 3.76. The normalized spacial score (nSPS) is 19.7. The van der Waals surface area contributed by atoms with Gasteiger partial charge in [0, 0.05) is 28.6 Å². The van der Waals surface area contributed by atoms with Crippen LogP contribution in [0.5, 0.6) is 11.5 Å². The first kappa shape index (κ1) is 30.3. The fraction of sp³-hybridized carbons (Fsp3) is 0.364. The first-order valence-corrected chi connectivity index (χ1v) is 15.3. The number of thioether (sulfide) groups is 1. The second-order valence-electron chi connectivity index (χ2n) is 11.0. The van der Waals surface area contributed by atoms with Crippen molar-refractivity contribution in [2.24, 2.45) is 11.8 Å². The first-order valence-electron chi connectivity index (χ1n) is 14.2. The summed E-state index contributed by atoms with van der Waals surface area (Å²) in [6, 6.07) is 19.8. The van der Waals surface area contributed by atoms with Crippen molar-refractivity contribution >= 4 is 29.7 Å². The number of methoxy groups -OCH3 is 2. The fourth-order valence-corrected chi connectivity index (χ4v) is 7.56. The topological polar surface area (TPSA) is 123 Å². The SMILES string of the molecule is COc1ccc(C2SC[C@H](NC(=O)[C@H](NC(=O)OCC3c4ccccc4-c4ccccc43)C(C)C)C2C(=O)O)c(OC)c1. The second-order valence-corrected chi connectivity index (χ2v) is 12.2. The Kier molecular flexibility index (Phi) is 9.15. The van der Waals surface area contributed by atoms with Gasteiger partial charge < -0.3 is 30.0 Å². The van der Waals surface area contributed by atoms with Crippen molar-refractivity contribution in [3.8, 4) is 22.6 Å². The van der Waals surface area contributed by atoms with Crippen LogP contribution in [-0.2, 0) is 14.3 Å². The Morgan fingerprint density at radius 3 is 2.16 bits per heavy atom. The van der Waals surface area contributed by atoms with Crippen LogP contribution >= 0.6 is 11.8 Å². The fourth-order valence-electron chi connectivity index (χ4n) is 5.97. The van der Waals surface area contributed by atoms with E-state index in [2.05, 4.69) is 22.8 Å². The predicted octanol–water partition coefficient (Wildman–Crippen LogP) is 5.24. The maximum Gasteiger partial charge on any atom is 0.407 e. The zero-order valence-corrected chi connectivity index (χ0v) is 25.4. The van der Waals surface area contributed by atoms with E-state index < -0.39 is 41.2 Å². The van der Waals surface area contributed by atoms with Crippen molar-refractivity contribution in [3.05, 3.63) is 83.4 Å². The van der Waals surface area contributed by atoms with Gasteiger partial charge in [-0.05, 0) is 34.2 Å². The molecule has 1 fully saturated rings. The molecular formula is C33H36N2O7S. The molecule has 1 heterocycles. The van der Waals surface area contributed by atoms with E-state index in [9.17, 15) is 19.5 Å². The molecule has 2 aliphatic rings. The van der Waals surface area contributed by atoms with Crippen LogP contribution in [0.2, 0.25) is 0 Å². The highest BCUT2D eigenvalue weighted by atomic mass is 32.2. The number of carbonyl (C=O) groups excluding carboxylic acids is 2. The highest BCUT2D eigenvalue weighted by Gasteiger charge is 2.45. The van der Waals surface area contributed by atoms with Gasteiger partial charge in [0.15, 0.2) is 0 Å². The molecule has 0 radical (unpaired) electrons. The van der Waals surface area contributed by atoms with Crippen LogP contribution in [0.4, 0.5) is 4.79 Å². The molecule has 3 aromatic rings. The first-order chi connectivity index (χ1) is 20.7. The minimum atomic E-state index is -1.02. The molecule has 226 valence electrons. The largest absolute Gasteiger partial charge is 0.497 e. The van der Waals surface area contributed by atoms with E-state index in [1.807, 2.05) is 50.2 Å². The van der Waals surface area contributed by atoms with Gasteiger partial charge in [0.25, 0.3) is 0 Å². The van der Waals surface area contributed by atoms with E-state index in [4.69, 9.17) is 14.2 Å². The number of carbonyl (C=O) groups is 3. The number of carboxylic acids is 1. The number of ether oxygens (including phenoxy) is 3. The molecular weight excluding hydrogens is 568 g/mol. The minimum absolute atomic E-state index is 0.108. The molecule has 4 atom stereocenters. The van der Waals surface area contributed by atoms with Crippen LogP contribution < -0.4 is 20.1 Å². The van der Waals surface area contributed by atoms with Gasteiger partial charge in [-0.2, -0.15) is 11.8 Å². The van der Waals surface area contributed by atoms with E-state index in [0.717, 1.165) is 27.8 Å². The Morgan fingerprint density at radius 2 is 1.58 bits per heavy atom. The summed E-state index contributed by atoms with van der Waals surface area (Å²) < 4.78 is 16.5. The summed E-state index contributed by atoms with van der Waals surface area (Å²) in [5.74, 6) is -1.26. The van der Waals surface area contributed by atoms with Gasteiger partial charge in [0.2, 0.25) is 5.91 Å². The predicted molar refractivity (Wildman–Crippen MR) is 165 cm³/mol. The highest BCUT2D eigenvalue weighted by Crippen LogP contribution is 2.48. The van der Waals surface area contributed by atoms with Gasteiger partial charge in [-0.3, -0.25) is 9.59 Å². The number of carboxylic acid groups (broad SMARTS) is 1. The van der Waals surface area contributed by atoms with Crippen LogP contribution in [0.3, 0.4) is 0 Å². The van der Waals surface area contributed by atoms with Crippen LogP contribution in [0, 0.1) is 11.8 Å². The quantitative estimate of drug-likeness (QED) is 0.287. The molecule has 3 aromatic carbocycles. The number of amides is 2. The van der Waals surface area contributed by atoms with Gasteiger partial charge in [0.1, 0.15) is 24.1 Å². The average molecular weight is 605 g/mol. The van der Waals surface area contributed by atoms with Crippen molar-refractivity contribution in [1.82, 2.24) is 10.6 Å². The Morgan fingerprint density at radius 1 is 0.930 bits per heavy atom. The number of benzene rings is 3. The molecule has 1 saturated heterocycles. The van der Waals surface area contributed by atoms with Crippen LogP contribution in [0.1, 0.15) is 41.7 Å². The molecule has 3 N–H and O–H groups in total. The molecule has 0 spiro atoms. The molecule has 0 aromatic heterocycles. The summed E-state index contributed by atoms with van der Waals surface area (Å²) >= 11 is 1.44. The lowest BCUT2D eigenvalue weighted by Gasteiger charge is -2.26. The summed E-state index contributed by atoms with van der Waals surface area (Å²) in [5.41, 5.74) is 5.15.